The lowest BCUT2D eigenvalue weighted by atomic mass is 10.00. The molecule has 1 aromatic heterocycles. The number of aromatic nitrogens is 2. The highest BCUT2D eigenvalue weighted by Crippen LogP contribution is 2.26. The van der Waals surface area contributed by atoms with E-state index in [9.17, 15) is 18.0 Å². The molecule has 0 radical (unpaired) electrons. The molecule has 8 nitrogen and oxygen atoms in total. The number of amides is 1. The van der Waals surface area contributed by atoms with E-state index in [1.54, 1.807) is 48.6 Å². The monoisotopic (exact) mass is 558 g/mol. The van der Waals surface area contributed by atoms with Gasteiger partial charge in [-0.1, -0.05) is 20.4 Å². The first-order valence-corrected chi connectivity index (χ1v) is 13.0. The van der Waals surface area contributed by atoms with Gasteiger partial charge in [-0.2, -0.15) is 0 Å². The van der Waals surface area contributed by atoms with Crippen molar-refractivity contribution in [2.24, 2.45) is 0 Å². The average molecular weight is 559 g/mol. The minimum Gasteiger partial charge on any atom is -0.406 e. The van der Waals surface area contributed by atoms with Gasteiger partial charge in [-0.15, -0.1) is 13.2 Å². The molecule has 1 fully saturated rings. The molecular weight excluding hydrogens is 523 g/mol. The van der Waals surface area contributed by atoms with E-state index in [0.29, 0.717) is 31.0 Å². The molecule has 11 heteroatoms. The first-order chi connectivity index (χ1) is 19.1. The topological polar surface area (TPSA) is 79.6 Å². The summed E-state index contributed by atoms with van der Waals surface area (Å²) in [5.41, 5.74) is 2.22. The summed E-state index contributed by atoms with van der Waals surface area (Å²) >= 11 is 0. The molecular formula is C29H35F3N5O3+. The molecule has 0 aliphatic carbocycles. The zero-order valence-electron chi connectivity index (χ0n) is 22.9. The van der Waals surface area contributed by atoms with E-state index < -0.39 is 12.3 Å². The van der Waals surface area contributed by atoms with Crippen LogP contribution < -0.4 is 10.1 Å². The van der Waals surface area contributed by atoms with Gasteiger partial charge in [0.05, 0.1) is 13.2 Å². The maximum absolute atomic E-state index is 13.5. The van der Waals surface area contributed by atoms with Crippen LogP contribution in [0.5, 0.6) is 5.75 Å². The van der Waals surface area contributed by atoms with Crippen molar-refractivity contribution in [2.75, 3.05) is 32.1 Å². The molecule has 1 saturated heterocycles. The molecule has 0 bridgehead atoms. The molecule has 2 aromatic rings. The number of carbonyl (C=O) groups excluding carboxylic acids is 1. The number of alkyl halides is 3. The van der Waals surface area contributed by atoms with Crippen LogP contribution in [0.3, 0.4) is 0 Å². The van der Waals surface area contributed by atoms with Gasteiger partial charge in [-0.25, -0.2) is 14.5 Å². The third kappa shape index (κ3) is 9.13. The lowest BCUT2D eigenvalue weighted by Gasteiger charge is -2.42. The van der Waals surface area contributed by atoms with E-state index in [0.717, 1.165) is 36.1 Å². The average Bonchev–Trinajstić information content (AvgIpc) is 2.93. The maximum Gasteiger partial charge on any atom is 0.573 e. The summed E-state index contributed by atoms with van der Waals surface area (Å²) in [6.45, 7) is 9.74. The van der Waals surface area contributed by atoms with Crippen molar-refractivity contribution in [1.29, 1.82) is 0 Å². The van der Waals surface area contributed by atoms with Crippen LogP contribution >= 0.6 is 0 Å². The van der Waals surface area contributed by atoms with E-state index in [2.05, 4.69) is 45.3 Å². The Morgan fingerprint density at radius 3 is 2.35 bits per heavy atom. The van der Waals surface area contributed by atoms with E-state index in [1.165, 1.54) is 18.5 Å². The number of anilines is 1. The molecule has 2 unspecified atom stereocenters. The Labute approximate surface area is 232 Å². The second kappa shape index (κ2) is 14.5. The molecule has 40 heavy (non-hydrogen) atoms. The number of benzene rings is 1. The van der Waals surface area contributed by atoms with Gasteiger partial charge in [0.2, 0.25) is 0 Å². The summed E-state index contributed by atoms with van der Waals surface area (Å²) in [5.74, 6) is -0.835. The fourth-order valence-electron chi connectivity index (χ4n) is 4.40. The Morgan fingerprint density at radius 2 is 1.80 bits per heavy atom. The summed E-state index contributed by atoms with van der Waals surface area (Å²) in [7, 11) is 1.76. The van der Waals surface area contributed by atoms with Gasteiger partial charge in [0, 0.05) is 42.3 Å². The molecule has 214 valence electrons. The summed E-state index contributed by atoms with van der Waals surface area (Å²) in [6.07, 6.45) is 8.58. The summed E-state index contributed by atoms with van der Waals surface area (Å²) in [4.78, 5) is 24.3. The highest BCUT2D eigenvalue weighted by Gasteiger charge is 2.31. The number of hydrogen-bond acceptors (Lipinski definition) is 6. The molecule has 1 aliphatic rings. The smallest absolute Gasteiger partial charge is 0.406 e. The molecule has 1 amide bonds. The van der Waals surface area contributed by atoms with Gasteiger partial charge in [-0.3, -0.25) is 9.69 Å². The van der Waals surface area contributed by atoms with Crippen LogP contribution in [0.2, 0.25) is 0 Å². The summed E-state index contributed by atoms with van der Waals surface area (Å²) in [5, 5.41) is 2.76. The second-order valence-corrected chi connectivity index (χ2v) is 9.29. The SMILES string of the molecule is C=CC=[N+](C)/C=C(\C=C(/CN1C(CC)COCC1CC)c1cncnc1)C(=O)Nc1ccc(OC(F)(F)F)cc1. The quantitative estimate of drug-likeness (QED) is 0.180. The van der Waals surface area contributed by atoms with Crippen molar-refractivity contribution < 1.29 is 32.0 Å². The van der Waals surface area contributed by atoms with Crippen LogP contribution in [0.1, 0.15) is 32.3 Å². The van der Waals surface area contributed by atoms with Gasteiger partial charge in [-0.05, 0) is 54.8 Å². The third-order valence-corrected chi connectivity index (χ3v) is 6.41. The Balaban J connectivity index is 1.99. The Morgan fingerprint density at radius 1 is 1.18 bits per heavy atom. The van der Waals surface area contributed by atoms with Crippen molar-refractivity contribution in [2.45, 2.75) is 45.1 Å². The fourth-order valence-corrected chi connectivity index (χ4v) is 4.40. The number of nitrogens with one attached hydrogen (secondary N) is 1. The maximum atomic E-state index is 13.5. The van der Waals surface area contributed by atoms with Crippen molar-refractivity contribution in [3.63, 3.8) is 0 Å². The zero-order valence-corrected chi connectivity index (χ0v) is 22.9. The number of allylic oxidation sites excluding steroid dienone is 1. The van der Waals surface area contributed by atoms with Crippen molar-refractivity contribution in [1.82, 2.24) is 14.9 Å². The van der Waals surface area contributed by atoms with Crippen molar-refractivity contribution in [3.8, 4) is 5.75 Å². The number of carbonyl (C=O) groups is 1. The van der Waals surface area contributed by atoms with Gasteiger partial charge in [0.25, 0.3) is 5.91 Å². The molecule has 2 heterocycles. The Kier molecular flexibility index (Phi) is 11.2. The molecule has 0 spiro atoms. The fraction of sp³-hybridized carbons (Fsp3) is 0.379. The molecule has 2 atom stereocenters. The second-order valence-electron chi connectivity index (χ2n) is 9.29. The Bertz CT molecular complexity index is 1220. The van der Waals surface area contributed by atoms with E-state index >= 15 is 0 Å². The molecule has 0 saturated carbocycles. The van der Waals surface area contributed by atoms with Crippen LogP contribution in [-0.2, 0) is 9.53 Å². The van der Waals surface area contributed by atoms with Crippen LogP contribution in [0, 0.1) is 0 Å². The van der Waals surface area contributed by atoms with Gasteiger partial charge < -0.3 is 14.8 Å². The number of hydrogen-bond donors (Lipinski definition) is 1. The normalized spacial score (nSPS) is 19.3. The van der Waals surface area contributed by atoms with E-state index in [-0.39, 0.29) is 17.8 Å². The van der Waals surface area contributed by atoms with E-state index in [1.807, 2.05) is 0 Å². The van der Waals surface area contributed by atoms with E-state index in [4.69, 9.17) is 4.74 Å². The highest BCUT2D eigenvalue weighted by atomic mass is 19.4. The number of ether oxygens (including phenoxy) is 2. The largest absolute Gasteiger partial charge is 0.573 e. The Hall–Kier alpha value is -3.83. The number of halogens is 3. The van der Waals surface area contributed by atoms with Crippen LogP contribution in [-0.4, -0.2) is 76.8 Å². The lowest BCUT2D eigenvalue weighted by molar-refractivity contribution is -0.416. The van der Waals surface area contributed by atoms with Gasteiger partial charge in [0.1, 0.15) is 24.7 Å². The summed E-state index contributed by atoms with van der Waals surface area (Å²) in [6, 6.07) is 5.39. The van der Waals surface area contributed by atoms with Crippen LogP contribution in [0.15, 0.2) is 73.5 Å². The molecule has 1 aromatic carbocycles. The molecule has 3 rings (SSSR count). The predicted molar refractivity (Wildman–Crippen MR) is 148 cm³/mol. The minimum atomic E-state index is -4.80. The standard InChI is InChI=1S/C29H34F3N5O3/c1-5-12-36(4)16-22(28(38)35-24-8-10-27(11-9-24)40-29(30,31)32)13-21(23-14-33-20-34-15-23)17-37-25(6-2)18-39-19-26(37)7-3/h5,8-16,20,25-26H,1,6-7,17-19H2,2-4H3/p+1/b21-13+,22-16+,36-12?. The molecule has 1 N–H and O–H groups in total. The number of nitrogens with zero attached hydrogens (tertiary/aromatic N) is 4. The number of morpholine rings is 1. The van der Waals surface area contributed by atoms with Crippen LogP contribution in [0.4, 0.5) is 18.9 Å². The summed E-state index contributed by atoms with van der Waals surface area (Å²) < 4.78 is 49.0. The number of rotatable bonds is 11. The lowest BCUT2D eigenvalue weighted by Crippen LogP contribution is -2.52. The first kappa shape index (κ1) is 30.7. The van der Waals surface area contributed by atoms with Crippen molar-refractivity contribution in [3.05, 3.63) is 79.1 Å². The van der Waals surface area contributed by atoms with Gasteiger partial charge >= 0.3 is 6.36 Å². The van der Waals surface area contributed by atoms with Gasteiger partial charge in [0.15, 0.2) is 12.4 Å². The highest BCUT2D eigenvalue weighted by molar-refractivity contribution is 6.06. The minimum absolute atomic E-state index is 0.210. The van der Waals surface area contributed by atoms with Crippen molar-refractivity contribution >= 4 is 23.4 Å². The van der Waals surface area contributed by atoms with Crippen LogP contribution in [0.25, 0.3) is 5.57 Å². The first-order valence-electron chi connectivity index (χ1n) is 13.0. The zero-order chi connectivity index (χ0) is 29.1. The third-order valence-electron chi connectivity index (χ3n) is 6.41. The molecule has 1 aliphatic heterocycles. The predicted octanol–water partition coefficient (Wildman–Crippen LogP) is 5.07.